The minimum Gasteiger partial charge on any atom is -0.260 e. The van der Waals surface area contributed by atoms with Crippen molar-refractivity contribution >= 4 is 28.0 Å². The molecule has 0 aliphatic rings. The van der Waals surface area contributed by atoms with Gasteiger partial charge in [0, 0.05) is 10.0 Å². The van der Waals surface area contributed by atoms with E-state index in [0.717, 1.165) is 21.3 Å². The molecule has 0 fully saturated rings. The molecular weight excluding hydrogens is 340 g/mol. The maximum atomic E-state index is 4.19. The monoisotopic (exact) mass is 352 g/mol. The second-order valence-electron chi connectivity index (χ2n) is 4.59. The molecule has 0 aliphatic carbocycles. The Bertz CT molecular complexity index is 770. The first-order valence-corrected chi connectivity index (χ1v) is 7.54. The van der Waals surface area contributed by atoms with Gasteiger partial charge in [-0.2, -0.15) is 5.10 Å². The molecule has 3 aromatic rings. The molecule has 22 heavy (non-hydrogen) atoms. The zero-order chi connectivity index (χ0) is 15.2. The third-order valence-electron chi connectivity index (χ3n) is 2.98. The molecule has 4 nitrogen and oxygen atoms in total. The molecule has 0 amide bonds. The topological polar surface area (TPSA) is 50.2 Å². The normalized spacial score (nSPS) is 10.8. The molecule has 0 radical (unpaired) electrons. The molecule has 0 saturated heterocycles. The summed E-state index contributed by atoms with van der Waals surface area (Å²) in [4.78, 5) is 0. The summed E-state index contributed by atoms with van der Waals surface area (Å²) in [6, 6.07) is 21.6. The van der Waals surface area contributed by atoms with Crippen LogP contribution in [0.3, 0.4) is 0 Å². The van der Waals surface area contributed by atoms with Crippen LogP contribution >= 0.6 is 15.9 Å². The van der Waals surface area contributed by atoms with Crippen molar-refractivity contribution in [2.75, 3.05) is 5.43 Å². The second kappa shape index (κ2) is 6.95. The average Bonchev–Trinajstić information content (AvgIpc) is 2.56. The highest BCUT2D eigenvalue weighted by Gasteiger charge is 1.99. The van der Waals surface area contributed by atoms with Gasteiger partial charge in [-0.05, 0) is 29.8 Å². The van der Waals surface area contributed by atoms with E-state index in [1.54, 1.807) is 6.21 Å². The van der Waals surface area contributed by atoms with Crippen molar-refractivity contribution in [3.8, 4) is 11.3 Å². The van der Waals surface area contributed by atoms with E-state index < -0.39 is 0 Å². The van der Waals surface area contributed by atoms with Gasteiger partial charge < -0.3 is 0 Å². The molecule has 1 heterocycles. The van der Waals surface area contributed by atoms with Crippen molar-refractivity contribution in [2.24, 2.45) is 5.10 Å². The maximum Gasteiger partial charge on any atom is 0.168 e. The third-order valence-corrected chi connectivity index (χ3v) is 3.47. The molecular formula is C17H13BrN4. The predicted molar refractivity (Wildman–Crippen MR) is 92.8 cm³/mol. The van der Waals surface area contributed by atoms with E-state index in [2.05, 4.69) is 36.7 Å². The Kier molecular flexibility index (Phi) is 4.56. The molecule has 5 heteroatoms. The number of hydrogen-bond acceptors (Lipinski definition) is 4. The van der Waals surface area contributed by atoms with Gasteiger partial charge in [0.05, 0.1) is 11.9 Å². The molecule has 0 atom stereocenters. The predicted octanol–water partition coefficient (Wildman–Crippen LogP) is 4.35. The van der Waals surface area contributed by atoms with E-state index in [0.29, 0.717) is 5.82 Å². The molecule has 108 valence electrons. The van der Waals surface area contributed by atoms with Crippen LogP contribution in [0.1, 0.15) is 5.56 Å². The number of anilines is 1. The minimum absolute atomic E-state index is 0.603. The Balaban J connectivity index is 1.67. The SMILES string of the molecule is Brc1cccc(C=NNc2ccc(-c3ccccc3)nn2)c1. The highest BCUT2D eigenvalue weighted by Crippen LogP contribution is 2.16. The zero-order valence-corrected chi connectivity index (χ0v) is 13.2. The summed E-state index contributed by atoms with van der Waals surface area (Å²) >= 11 is 3.42. The summed E-state index contributed by atoms with van der Waals surface area (Å²) in [5.41, 5.74) is 5.74. The fourth-order valence-electron chi connectivity index (χ4n) is 1.91. The first-order valence-electron chi connectivity index (χ1n) is 6.75. The number of halogens is 1. The Morgan fingerprint density at radius 3 is 2.50 bits per heavy atom. The molecule has 0 unspecified atom stereocenters. The van der Waals surface area contributed by atoms with Crippen LogP contribution in [0.5, 0.6) is 0 Å². The maximum absolute atomic E-state index is 4.19. The fourth-order valence-corrected chi connectivity index (χ4v) is 2.33. The Morgan fingerprint density at radius 2 is 1.77 bits per heavy atom. The first-order chi connectivity index (χ1) is 10.8. The number of rotatable bonds is 4. The van der Waals surface area contributed by atoms with Gasteiger partial charge in [-0.25, -0.2) is 0 Å². The van der Waals surface area contributed by atoms with Crippen LogP contribution in [0.2, 0.25) is 0 Å². The lowest BCUT2D eigenvalue weighted by Gasteiger charge is -2.01. The lowest BCUT2D eigenvalue weighted by Crippen LogP contribution is -1.96. The lowest BCUT2D eigenvalue weighted by atomic mass is 10.1. The van der Waals surface area contributed by atoms with Gasteiger partial charge in [-0.3, -0.25) is 5.43 Å². The summed E-state index contributed by atoms with van der Waals surface area (Å²) in [5.74, 6) is 0.603. The Morgan fingerprint density at radius 1 is 0.909 bits per heavy atom. The van der Waals surface area contributed by atoms with E-state index >= 15 is 0 Å². The number of hydrogen-bond donors (Lipinski definition) is 1. The fraction of sp³-hybridized carbons (Fsp3) is 0. The quantitative estimate of drug-likeness (QED) is 0.560. The van der Waals surface area contributed by atoms with Gasteiger partial charge in [-0.15, -0.1) is 10.2 Å². The number of nitrogens with one attached hydrogen (secondary N) is 1. The molecule has 3 rings (SSSR count). The average molecular weight is 353 g/mol. The number of nitrogens with zero attached hydrogens (tertiary/aromatic N) is 3. The van der Waals surface area contributed by atoms with Crippen molar-refractivity contribution in [1.29, 1.82) is 0 Å². The van der Waals surface area contributed by atoms with Crippen LogP contribution in [0.25, 0.3) is 11.3 Å². The van der Waals surface area contributed by atoms with Crippen molar-refractivity contribution < 1.29 is 0 Å². The van der Waals surface area contributed by atoms with Crippen LogP contribution < -0.4 is 5.43 Å². The first kappa shape index (κ1) is 14.4. The zero-order valence-electron chi connectivity index (χ0n) is 11.6. The van der Waals surface area contributed by atoms with Gasteiger partial charge in [0.15, 0.2) is 5.82 Å². The van der Waals surface area contributed by atoms with Gasteiger partial charge in [-0.1, -0.05) is 58.4 Å². The highest BCUT2D eigenvalue weighted by molar-refractivity contribution is 9.10. The number of benzene rings is 2. The van der Waals surface area contributed by atoms with Gasteiger partial charge in [0.1, 0.15) is 0 Å². The molecule has 0 bridgehead atoms. The van der Waals surface area contributed by atoms with Gasteiger partial charge in [0.2, 0.25) is 0 Å². The Labute approximate surface area is 137 Å². The Hall–Kier alpha value is -2.53. The van der Waals surface area contributed by atoms with E-state index in [9.17, 15) is 0 Å². The molecule has 1 N–H and O–H groups in total. The van der Waals surface area contributed by atoms with Crippen LogP contribution in [0.4, 0.5) is 5.82 Å². The molecule has 2 aromatic carbocycles. The van der Waals surface area contributed by atoms with Crippen LogP contribution in [0.15, 0.2) is 76.3 Å². The van der Waals surface area contributed by atoms with Crippen molar-refractivity contribution in [2.45, 2.75) is 0 Å². The summed E-state index contributed by atoms with van der Waals surface area (Å²) in [5, 5.41) is 12.5. The van der Waals surface area contributed by atoms with Crippen molar-refractivity contribution in [1.82, 2.24) is 10.2 Å². The number of hydrazone groups is 1. The van der Waals surface area contributed by atoms with E-state index in [1.807, 2.05) is 66.7 Å². The molecule has 0 aliphatic heterocycles. The summed E-state index contributed by atoms with van der Waals surface area (Å²) in [6.07, 6.45) is 1.73. The third kappa shape index (κ3) is 3.77. The molecule has 0 saturated carbocycles. The minimum atomic E-state index is 0.603. The summed E-state index contributed by atoms with van der Waals surface area (Å²) < 4.78 is 1.02. The van der Waals surface area contributed by atoms with E-state index in [1.165, 1.54) is 0 Å². The van der Waals surface area contributed by atoms with Gasteiger partial charge in [0.25, 0.3) is 0 Å². The lowest BCUT2D eigenvalue weighted by molar-refractivity contribution is 1.03. The summed E-state index contributed by atoms with van der Waals surface area (Å²) in [6.45, 7) is 0. The van der Waals surface area contributed by atoms with Crippen molar-refractivity contribution in [3.63, 3.8) is 0 Å². The second-order valence-corrected chi connectivity index (χ2v) is 5.51. The smallest absolute Gasteiger partial charge is 0.168 e. The highest BCUT2D eigenvalue weighted by atomic mass is 79.9. The number of aromatic nitrogens is 2. The van der Waals surface area contributed by atoms with E-state index in [4.69, 9.17) is 0 Å². The van der Waals surface area contributed by atoms with Crippen LogP contribution in [0, 0.1) is 0 Å². The standard InChI is InChI=1S/C17H13BrN4/c18-15-8-4-5-13(11-15)12-19-21-17-10-9-16(20-22-17)14-6-2-1-3-7-14/h1-12H,(H,21,22). The van der Waals surface area contributed by atoms with Crippen LogP contribution in [-0.4, -0.2) is 16.4 Å². The molecule has 1 aromatic heterocycles. The van der Waals surface area contributed by atoms with Gasteiger partial charge >= 0.3 is 0 Å². The van der Waals surface area contributed by atoms with E-state index in [-0.39, 0.29) is 0 Å². The van der Waals surface area contributed by atoms with Crippen LogP contribution in [-0.2, 0) is 0 Å². The molecule has 0 spiro atoms. The summed E-state index contributed by atoms with van der Waals surface area (Å²) in [7, 11) is 0. The largest absolute Gasteiger partial charge is 0.260 e. The van der Waals surface area contributed by atoms with Crippen molar-refractivity contribution in [3.05, 3.63) is 76.8 Å².